The van der Waals surface area contributed by atoms with E-state index in [1.54, 1.807) is 6.08 Å². The molecule has 6 heteroatoms. The lowest BCUT2D eigenvalue weighted by Gasteiger charge is -2.21. The highest BCUT2D eigenvalue weighted by Crippen LogP contribution is 2.29. The van der Waals surface area contributed by atoms with Crippen molar-refractivity contribution in [1.82, 2.24) is 5.32 Å². The van der Waals surface area contributed by atoms with Gasteiger partial charge in [0.15, 0.2) is 6.29 Å². The van der Waals surface area contributed by atoms with Gasteiger partial charge in [0.1, 0.15) is 0 Å². The first-order valence-electron chi connectivity index (χ1n) is 4.56. The topological polar surface area (TPSA) is 47.6 Å². The van der Waals surface area contributed by atoms with Crippen LogP contribution in [-0.4, -0.2) is 36.3 Å². The van der Waals surface area contributed by atoms with Crippen LogP contribution in [0.15, 0.2) is 12.7 Å². The fourth-order valence-electron chi connectivity index (χ4n) is 1.12. The Hall–Kier alpha value is -0.290. The molecule has 1 N–H and O–H groups in total. The summed E-state index contributed by atoms with van der Waals surface area (Å²) in [5.74, 6) is -0.468. The van der Waals surface area contributed by atoms with Crippen molar-refractivity contribution in [2.24, 2.45) is 0 Å². The van der Waals surface area contributed by atoms with Crippen LogP contribution in [0.4, 0.5) is 0 Å². The van der Waals surface area contributed by atoms with E-state index in [0.29, 0.717) is 19.8 Å². The van der Waals surface area contributed by atoms with Crippen LogP contribution in [0.2, 0.25) is 0 Å². The lowest BCUT2D eigenvalue weighted by atomic mass is 10.2. The van der Waals surface area contributed by atoms with Gasteiger partial charge >= 0.3 is 0 Å². The Bertz CT molecular complexity index is 240. The number of alkyl halides is 2. The summed E-state index contributed by atoms with van der Waals surface area (Å²) < 4.78 is 8.77. The van der Waals surface area contributed by atoms with Gasteiger partial charge < -0.3 is 14.8 Å². The van der Waals surface area contributed by atoms with Crippen molar-refractivity contribution in [3.63, 3.8) is 0 Å². The average Bonchev–Trinajstić information content (AvgIpc) is 2.65. The molecule has 86 valence electrons. The number of carbonyl (C=O) groups is 1. The van der Waals surface area contributed by atoms with E-state index in [1.165, 1.54) is 0 Å². The molecule has 0 saturated carbocycles. The van der Waals surface area contributed by atoms with Gasteiger partial charge in [0.05, 0.1) is 13.2 Å². The summed E-state index contributed by atoms with van der Waals surface area (Å²) in [6.07, 6.45) is 1.15. The van der Waals surface area contributed by atoms with Crippen molar-refractivity contribution in [2.75, 3.05) is 19.8 Å². The summed E-state index contributed by atoms with van der Waals surface area (Å²) >= 11 is 11.7. The molecule has 15 heavy (non-hydrogen) atoms. The van der Waals surface area contributed by atoms with Gasteiger partial charge in [-0.25, -0.2) is 0 Å². The standard InChI is InChI=1S/C9H13Cl2NO3/c1-2-3-12-8(13)9(10,11)6-7-14-4-5-15-7/h2,7H,1,3-6H2,(H,12,13). The Kier molecular flexibility index (Phi) is 4.86. The molecular weight excluding hydrogens is 241 g/mol. The Balaban J connectivity index is 2.41. The van der Waals surface area contributed by atoms with E-state index >= 15 is 0 Å². The van der Waals surface area contributed by atoms with Gasteiger partial charge in [0, 0.05) is 13.0 Å². The average molecular weight is 254 g/mol. The SMILES string of the molecule is C=CCNC(=O)C(Cl)(Cl)CC1OCCO1. The van der Waals surface area contributed by atoms with Crippen LogP contribution in [0, 0.1) is 0 Å². The molecule has 1 aliphatic rings. The minimum absolute atomic E-state index is 0.110. The zero-order valence-electron chi connectivity index (χ0n) is 8.17. The highest BCUT2D eigenvalue weighted by atomic mass is 35.5. The predicted molar refractivity (Wildman–Crippen MR) is 58.0 cm³/mol. The second-order valence-electron chi connectivity index (χ2n) is 3.08. The van der Waals surface area contributed by atoms with E-state index in [1.807, 2.05) is 0 Å². The molecule has 0 aromatic heterocycles. The van der Waals surface area contributed by atoms with Crippen molar-refractivity contribution >= 4 is 29.1 Å². The number of amides is 1. The summed E-state index contributed by atoms with van der Waals surface area (Å²) in [5.41, 5.74) is 0. The van der Waals surface area contributed by atoms with E-state index in [-0.39, 0.29) is 6.42 Å². The quantitative estimate of drug-likeness (QED) is 0.592. The first-order chi connectivity index (χ1) is 7.06. The molecule has 0 radical (unpaired) electrons. The highest BCUT2D eigenvalue weighted by molar-refractivity contribution is 6.58. The summed E-state index contributed by atoms with van der Waals surface area (Å²) in [7, 11) is 0. The molecule has 1 heterocycles. The predicted octanol–water partition coefficient (Wildman–Crippen LogP) is 1.23. The van der Waals surface area contributed by atoms with Crippen LogP contribution < -0.4 is 5.32 Å². The van der Waals surface area contributed by atoms with Gasteiger partial charge in [-0.1, -0.05) is 29.3 Å². The number of rotatable bonds is 5. The summed E-state index contributed by atoms with van der Waals surface area (Å²) in [6.45, 7) is 4.80. The summed E-state index contributed by atoms with van der Waals surface area (Å²) in [5, 5.41) is 2.51. The molecule has 1 rings (SSSR count). The Morgan fingerprint density at radius 2 is 2.13 bits per heavy atom. The Morgan fingerprint density at radius 1 is 1.53 bits per heavy atom. The third-order valence-electron chi connectivity index (χ3n) is 1.85. The number of nitrogens with one attached hydrogen (secondary N) is 1. The van der Waals surface area contributed by atoms with E-state index in [4.69, 9.17) is 32.7 Å². The third kappa shape index (κ3) is 3.99. The number of hydrogen-bond donors (Lipinski definition) is 1. The molecule has 1 fully saturated rings. The number of ether oxygens (including phenoxy) is 2. The maximum Gasteiger partial charge on any atom is 0.256 e. The molecule has 1 amide bonds. The van der Waals surface area contributed by atoms with Crippen molar-refractivity contribution in [3.8, 4) is 0 Å². The maximum absolute atomic E-state index is 11.5. The van der Waals surface area contributed by atoms with Gasteiger partial charge in [0.25, 0.3) is 5.91 Å². The van der Waals surface area contributed by atoms with Gasteiger partial charge in [-0.15, -0.1) is 6.58 Å². The molecule has 0 aliphatic carbocycles. The molecule has 1 saturated heterocycles. The molecule has 0 spiro atoms. The van der Waals surface area contributed by atoms with E-state index < -0.39 is 16.5 Å². The number of hydrogen-bond acceptors (Lipinski definition) is 3. The molecule has 0 unspecified atom stereocenters. The lowest BCUT2D eigenvalue weighted by Crippen LogP contribution is -2.40. The number of halogens is 2. The van der Waals surface area contributed by atoms with Gasteiger partial charge in [-0.05, 0) is 0 Å². The fourth-order valence-corrected chi connectivity index (χ4v) is 1.51. The van der Waals surface area contributed by atoms with Crippen LogP contribution in [0.25, 0.3) is 0 Å². The number of carbonyl (C=O) groups excluding carboxylic acids is 1. The Labute approximate surface area is 98.5 Å². The molecule has 1 aliphatic heterocycles. The largest absolute Gasteiger partial charge is 0.350 e. The van der Waals surface area contributed by atoms with Crippen molar-refractivity contribution in [3.05, 3.63) is 12.7 Å². The smallest absolute Gasteiger partial charge is 0.256 e. The Morgan fingerprint density at radius 3 is 2.67 bits per heavy atom. The zero-order chi connectivity index (χ0) is 11.3. The highest BCUT2D eigenvalue weighted by Gasteiger charge is 2.38. The minimum Gasteiger partial charge on any atom is -0.350 e. The minimum atomic E-state index is -1.53. The van der Waals surface area contributed by atoms with Crippen LogP contribution in [0.1, 0.15) is 6.42 Å². The summed E-state index contributed by atoms with van der Waals surface area (Å²) in [4.78, 5) is 11.5. The fraction of sp³-hybridized carbons (Fsp3) is 0.667. The molecular formula is C9H13Cl2NO3. The van der Waals surface area contributed by atoms with Crippen molar-refractivity contribution in [2.45, 2.75) is 17.0 Å². The zero-order valence-corrected chi connectivity index (χ0v) is 9.68. The van der Waals surface area contributed by atoms with Crippen LogP contribution in [-0.2, 0) is 14.3 Å². The summed E-state index contributed by atoms with van der Waals surface area (Å²) in [6, 6.07) is 0. The maximum atomic E-state index is 11.5. The molecule has 0 aromatic rings. The molecule has 4 nitrogen and oxygen atoms in total. The van der Waals surface area contributed by atoms with Crippen LogP contribution in [0.5, 0.6) is 0 Å². The second kappa shape index (κ2) is 5.70. The van der Waals surface area contributed by atoms with Gasteiger partial charge in [-0.3, -0.25) is 4.79 Å². The molecule has 0 bridgehead atoms. The van der Waals surface area contributed by atoms with Gasteiger partial charge in [-0.2, -0.15) is 0 Å². The first-order valence-corrected chi connectivity index (χ1v) is 5.32. The van der Waals surface area contributed by atoms with Crippen LogP contribution >= 0.6 is 23.2 Å². The first kappa shape index (κ1) is 12.8. The monoisotopic (exact) mass is 253 g/mol. The molecule has 0 atom stereocenters. The second-order valence-corrected chi connectivity index (χ2v) is 4.56. The third-order valence-corrected chi connectivity index (χ3v) is 2.50. The van der Waals surface area contributed by atoms with E-state index in [2.05, 4.69) is 11.9 Å². The van der Waals surface area contributed by atoms with E-state index in [9.17, 15) is 4.79 Å². The van der Waals surface area contributed by atoms with Crippen molar-refractivity contribution in [1.29, 1.82) is 0 Å². The van der Waals surface area contributed by atoms with E-state index in [0.717, 1.165) is 0 Å². The normalized spacial score (nSPS) is 17.7. The van der Waals surface area contributed by atoms with Crippen LogP contribution in [0.3, 0.4) is 0 Å². The lowest BCUT2D eigenvalue weighted by molar-refractivity contribution is -0.124. The van der Waals surface area contributed by atoms with Crippen molar-refractivity contribution < 1.29 is 14.3 Å². The van der Waals surface area contributed by atoms with Gasteiger partial charge in [0.2, 0.25) is 4.33 Å². The molecule has 0 aromatic carbocycles.